The van der Waals surface area contributed by atoms with Crippen molar-refractivity contribution in [1.29, 1.82) is 0 Å². The fourth-order valence-corrected chi connectivity index (χ4v) is 2.42. The maximum absolute atomic E-state index is 12.1. The first-order chi connectivity index (χ1) is 10.8. The molecule has 0 spiro atoms. The first kappa shape index (κ1) is 14.3. The van der Waals surface area contributed by atoms with Crippen LogP contribution in [0.1, 0.15) is 11.1 Å². The Labute approximate surface area is 128 Å². The zero-order chi connectivity index (χ0) is 15.4. The Morgan fingerprint density at radius 1 is 1.23 bits per heavy atom. The van der Waals surface area contributed by atoms with Gasteiger partial charge in [0, 0.05) is 24.0 Å². The molecule has 0 atom stereocenters. The van der Waals surface area contributed by atoms with E-state index in [1.165, 1.54) is 0 Å². The molecule has 0 aliphatic rings. The van der Waals surface area contributed by atoms with E-state index < -0.39 is 0 Å². The summed E-state index contributed by atoms with van der Waals surface area (Å²) < 4.78 is 5.17. The summed E-state index contributed by atoms with van der Waals surface area (Å²) in [6.07, 6.45) is 3.60. The van der Waals surface area contributed by atoms with Crippen LogP contribution in [0.5, 0.6) is 5.75 Å². The van der Waals surface area contributed by atoms with Crippen molar-refractivity contribution in [3.8, 4) is 5.75 Å². The number of aromatic amines is 1. The van der Waals surface area contributed by atoms with Gasteiger partial charge in [-0.15, -0.1) is 0 Å². The van der Waals surface area contributed by atoms with Crippen molar-refractivity contribution < 1.29 is 10.1 Å². The van der Waals surface area contributed by atoms with Gasteiger partial charge in [0.1, 0.15) is 18.8 Å². The lowest BCUT2D eigenvalue weighted by Crippen LogP contribution is -2.81. The topological polar surface area (TPSA) is 71.6 Å². The molecular weight excluding hydrogens is 278 g/mol. The predicted molar refractivity (Wildman–Crippen MR) is 84.7 cm³/mol. The lowest BCUT2D eigenvalue weighted by Gasteiger charge is -2.05. The van der Waals surface area contributed by atoms with E-state index in [1.807, 2.05) is 42.6 Å². The van der Waals surface area contributed by atoms with Crippen molar-refractivity contribution in [3.05, 3.63) is 70.3 Å². The monoisotopic (exact) mass is 296 g/mol. The first-order valence-electron chi connectivity index (χ1n) is 7.17. The van der Waals surface area contributed by atoms with Crippen molar-refractivity contribution in [3.63, 3.8) is 0 Å². The number of quaternary nitrogens is 1. The number of H-pyrrole nitrogens is 1. The highest BCUT2D eigenvalue weighted by molar-refractivity contribution is 5.80. The maximum Gasteiger partial charge on any atom is 0.257 e. The Hall–Kier alpha value is -2.66. The molecule has 0 unspecified atom stereocenters. The van der Waals surface area contributed by atoms with Crippen LogP contribution in [0.4, 0.5) is 0 Å². The minimum Gasteiger partial charge on any atom is -0.497 e. The van der Waals surface area contributed by atoms with Gasteiger partial charge in [-0.25, -0.2) is 0 Å². The standard InChI is InChI=1S/C17H17N3O2/c1-22-15-5-4-13-7-14(17(21)20-16(13)8-15)11-19-10-12-3-2-6-18-9-12/h2-9,19H,10-11H2,1H3,(H,20,21)/p+1. The van der Waals surface area contributed by atoms with Gasteiger partial charge >= 0.3 is 0 Å². The molecule has 112 valence electrons. The van der Waals surface area contributed by atoms with E-state index in [-0.39, 0.29) is 5.56 Å². The Bertz CT molecular complexity index is 828. The second-order valence-corrected chi connectivity index (χ2v) is 5.14. The van der Waals surface area contributed by atoms with E-state index in [2.05, 4.69) is 15.3 Å². The van der Waals surface area contributed by atoms with Gasteiger partial charge < -0.3 is 15.0 Å². The van der Waals surface area contributed by atoms with Crippen LogP contribution in [-0.2, 0) is 13.1 Å². The van der Waals surface area contributed by atoms with Gasteiger partial charge in [0.2, 0.25) is 0 Å². The summed E-state index contributed by atoms with van der Waals surface area (Å²) in [5.74, 6) is 0.735. The smallest absolute Gasteiger partial charge is 0.257 e. The molecule has 3 rings (SSSR count). The summed E-state index contributed by atoms with van der Waals surface area (Å²) in [5, 5.41) is 3.10. The molecule has 2 aromatic heterocycles. The number of hydrogen-bond donors (Lipinski definition) is 2. The molecular formula is C17H18N3O2+. The lowest BCUT2D eigenvalue weighted by atomic mass is 10.1. The van der Waals surface area contributed by atoms with Gasteiger partial charge in [-0.3, -0.25) is 9.78 Å². The minimum absolute atomic E-state index is 0.0526. The van der Waals surface area contributed by atoms with Crippen molar-refractivity contribution in [1.82, 2.24) is 9.97 Å². The van der Waals surface area contributed by atoms with Gasteiger partial charge in [0.25, 0.3) is 5.56 Å². The number of pyridine rings is 2. The molecule has 5 heteroatoms. The normalized spacial score (nSPS) is 10.8. The van der Waals surface area contributed by atoms with Gasteiger partial charge in [0.15, 0.2) is 0 Å². The van der Waals surface area contributed by atoms with Crippen LogP contribution < -0.4 is 15.6 Å². The number of hydrogen-bond acceptors (Lipinski definition) is 3. The van der Waals surface area contributed by atoms with Crippen molar-refractivity contribution in [2.24, 2.45) is 0 Å². The van der Waals surface area contributed by atoms with E-state index >= 15 is 0 Å². The number of nitrogens with one attached hydrogen (secondary N) is 1. The Morgan fingerprint density at radius 3 is 2.91 bits per heavy atom. The largest absolute Gasteiger partial charge is 0.497 e. The molecule has 22 heavy (non-hydrogen) atoms. The second kappa shape index (κ2) is 6.41. The number of rotatable bonds is 5. The molecule has 0 saturated heterocycles. The van der Waals surface area contributed by atoms with Gasteiger partial charge in [-0.1, -0.05) is 6.07 Å². The molecule has 0 aliphatic heterocycles. The first-order valence-corrected chi connectivity index (χ1v) is 7.17. The highest BCUT2D eigenvalue weighted by Crippen LogP contribution is 2.18. The fourth-order valence-electron chi connectivity index (χ4n) is 2.42. The molecule has 1 aromatic carbocycles. The summed E-state index contributed by atoms with van der Waals surface area (Å²) in [7, 11) is 1.61. The number of ether oxygens (including phenoxy) is 1. The van der Waals surface area contributed by atoms with Crippen LogP contribution in [0.3, 0.4) is 0 Å². The predicted octanol–water partition coefficient (Wildman–Crippen LogP) is 1.20. The van der Waals surface area contributed by atoms with Crippen molar-refractivity contribution >= 4 is 10.9 Å². The number of fused-ring (bicyclic) bond motifs is 1. The molecule has 5 nitrogen and oxygen atoms in total. The minimum atomic E-state index is -0.0526. The molecule has 0 aliphatic carbocycles. The highest BCUT2D eigenvalue weighted by atomic mass is 16.5. The average Bonchev–Trinajstić information content (AvgIpc) is 2.56. The van der Waals surface area contributed by atoms with Crippen LogP contribution in [-0.4, -0.2) is 17.1 Å². The van der Waals surface area contributed by atoms with Crippen LogP contribution in [0.2, 0.25) is 0 Å². The van der Waals surface area contributed by atoms with Crippen LogP contribution in [0, 0.1) is 0 Å². The van der Waals surface area contributed by atoms with Crippen LogP contribution in [0.15, 0.2) is 53.6 Å². The quantitative estimate of drug-likeness (QED) is 0.743. The molecule has 3 N–H and O–H groups in total. The number of methoxy groups -OCH3 is 1. The third-order valence-electron chi connectivity index (χ3n) is 3.60. The van der Waals surface area contributed by atoms with Crippen LogP contribution in [0.25, 0.3) is 10.9 Å². The zero-order valence-corrected chi connectivity index (χ0v) is 12.4. The molecule has 0 radical (unpaired) electrons. The summed E-state index contributed by atoms with van der Waals surface area (Å²) >= 11 is 0. The molecule has 0 fully saturated rings. The molecule has 0 saturated carbocycles. The Balaban J connectivity index is 1.76. The third-order valence-corrected chi connectivity index (χ3v) is 3.60. The van der Waals surface area contributed by atoms with E-state index in [0.717, 1.165) is 34.3 Å². The van der Waals surface area contributed by atoms with Gasteiger partial charge in [-0.2, -0.15) is 0 Å². The SMILES string of the molecule is COc1ccc2cc(C[NH2+]Cc3cccnc3)c(=O)[nH]c2c1. The number of nitrogens with two attached hydrogens (primary N) is 1. The van der Waals surface area contributed by atoms with E-state index in [1.54, 1.807) is 13.3 Å². The zero-order valence-electron chi connectivity index (χ0n) is 12.4. The summed E-state index contributed by atoms with van der Waals surface area (Å²) in [4.78, 5) is 19.1. The van der Waals surface area contributed by atoms with Crippen molar-refractivity contribution in [2.45, 2.75) is 13.1 Å². The molecule has 0 amide bonds. The van der Waals surface area contributed by atoms with E-state index in [9.17, 15) is 4.79 Å². The van der Waals surface area contributed by atoms with Crippen LogP contribution >= 0.6 is 0 Å². The molecule has 3 aromatic rings. The average molecular weight is 296 g/mol. The Kier molecular flexibility index (Phi) is 4.16. The summed E-state index contributed by atoms with van der Waals surface area (Å²) in [6, 6.07) is 11.6. The molecule has 0 bridgehead atoms. The molecule has 2 heterocycles. The summed E-state index contributed by atoms with van der Waals surface area (Å²) in [6.45, 7) is 1.43. The Morgan fingerprint density at radius 2 is 2.14 bits per heavy atom. The van der Waals surface area contributed by atoms with E-state index in [0.29, 0.717) is 6.54 Å². The lowest BCUT2D eigenvalue weighted by molar-refractivity contribution is -0.686. The number of nitrogens with zero attached hydrogens (tertiary/aromatic N) is 1. The van der Waals surface area contributed by atoms with Gasteiger partial charge in [-0.05, 0) is 29.7 Å². The number of aromatic nitrogens is 2. The fraction of sp³-hybridized carbons (Fsp3) is 0.176. The third kappa shape index (κ3) is 3.15. The highest BCUT2D eigenvalue weighted by Gasteiger charge is 2.06. The maximum atomic E-state index is 12.1. The summed E-state index contributed by atoms with van der Waals surface area (Å²) in [5.41, 5.74) is 2.65. The van der Waals surface area contributed by atoms with E-state index in [4.69, 9.17) is 4.74 Å². The second-order valence-electron chi connectivity index (χ2n) is 5.14. The number of benzene rings is 1. The van der Waals surface area contributed by atoms with Crippen molar-refractivity contribution in [2.75, 3.05) is 7.11 Å². The van der Waals surface area contributed by atoms with Gasteiger partial charge in [0.05, 0.1) is 18.2 Å².